The van der Waals surface area contributed by atoms with Gasteiger partial charge in [0, 0.05) is 17.8 Å². The molecule has 1 amide bonds. The molecule has 0 aliphatic heterocycles. The second-order valence-electron chi connectivity index (χ2n) is 4.67. The van der Waals surface area contributed by atoms with Crippen LogP contribution in [0.2, 0.25) is 5.02 Å². The lowest BCUT2D eigenvalue weighted by Crippen LogP contribution is -2.30. The molecule has 0 spiro atoms. The average Bonchev–Trinajstić information content (AvgIpc) is 2.53. The number of carbonyl (C=O) groups is 1. The summed E-state index contributed by atoms with van der Waals surface area (Å²) in [7, 11) is 0. The van der Waals surface area contributed by atoms with Crippen molar-refractivity contribution >= 4 is 17.7 Å². The predicted molar refractivity (Wildman–Crippen MR) is 83.5 cm³/mol. The van der Waals surface area contributed by atoms with Gasteiger partial charge in [0.15, 0.2) is 0 Å². The maximum atomic E-state index is 11.9. The van der Waals surface area contributed by atoms with E-state index in [4.69, 9.17) is 21.4 Å². The normalized spacial score (nSPS) is 11.7. The molecule has 2 N–H and O–H groups in total. The van der Waals surface area contributed by atoms with E-state index in [1.807, 2.05) is 30.3 Å². The highest BCUT2D eigenvalue weighted by molar-refractivity contribution is 6.30. The van der Waals surface area contributed by atoms with E-state index >= 15 is 0 Å². The van der Waals surface area contributed by atoms with Crippen molar-refractivity contribution in [2.75, 3.05) is 6.61 Å². The van der Waals surface area contributed by atoms with Crippen LogP contribution in [0.1, 0.15) is 23.7 Å². The highest BCUT2D eigenvalue weighted by atomic mass is 35.5. The highest BCUT2D eigenvalue weighted by Gasteiger charge is 2.16. The molecule has 1 aromatic heterocycles. The number of benzene rings is 1. The van der Waals surface area contributed by atoms with Gasteiger partial charge in [-0.2, -0.15) is 0 Å². The Balaban J connectivity index is 1.94. The van der Waals surface area contributed by atoms with Crippen molar-refractivity contribution in [2.24, 2.45) is 0 Å². The molecular weight excluding hydrogens is 304 g/mol. The van der Waals surface area contributed by atoms with Gasteiger partial charge in [0.1, 0.15) is 6.61 Å². The third kappa shape index (κ3) is 5.02. The lowest BCUT2D eigenvalue weighted by molar-refractivity contribution is 0.133. The molecule has 0 bridgehead atoms. The summed E-state index contributed by atoms with van der Waals surface area (Å²) in [6.45, 7) is 0.0965. The number of nitrogens with one attached hydrogen (secondary N) is 1. The van der Waals surface area contributed by atoms with Crippen LogP contribution in [0.3, 0.4) is 0 Å². The van der Waals surface area contributed by atoms with E-state index in [1.165, 1.54) is 0 Å². The van der Waals surface area contributed by atoms with Crippen LogP contribution in [0, 0.1) is 0 Å². The number of aromatic nitrogens is 1. The van der Waals surface area contributed by atoms with E-state index in [9.17, 15) is 4.79 Å². The molecule has 116 valence electrons. The van der Waals surface area contributed by atoms with Crippen LogP contribution in [0.4, 0.5) is 4.79 Å². The van der Waals surface area contributed by atoms with Crippen molar-refractivity contribution in [1.82, 2.24) is 10.3 Å². The topological polar surface area (TPSA) is 71.5 Å². The van der Waals surface area contributed by atoms with Crippen LogP contribution >= 0.6 is 11.6 Å². The molecule has 5 nitrogen and oxygen atoms in total. The lowest BCUT2D eigenvalue weighted by atomic mass is 10.1. The number of amides is 1. The van der Waals surface area contributed by atoms with Crippen molar-refractivity contribution in [3.05, 3.63) is 64.9 Å². The number of rotatable bonds is 6. The fourth-order valence-electron chi connectivity index (χ4n) is 1.94. The minimum Gasteiger partial charge on any atom is -0.445 e. The zero-order valence-corrected chi connectivity index (χ0v) is 12.7. The summed E-state index contributed by atoms with van der Waals surface area (Å²) in [6.07, 6.45) is 1.32. The van der Waals surface area contributed by atoms with Crippen LogP contribution in [0.5, 0.6) is 0 Å². The predicted octanol–water partition coefficient (Wildman–Crippen LogP) is 3.08. The number of hydrogen-bond donors (Lipinski definition) is 2. The number of halogens is 1. The van der Waals surface area contributed by atoms with Gasteiger partial charge in [0.05, 0.1) is 11.7 Å². The molecule has 0 fully saturated rings. The minimum absolute atomic E-state index is 0.0855. The van der Waals surface area contributed by atoms with Crippen molar-refractivity contribution < 1.29 is 14.6 Å². The molecule has 22 heavy (non-hydrogen) atoms. The number of carbonyl (C=O) groups excluding carboxylic acids is 1. The first-order valence-electron chi connectivity index (χ1n) is 6.88. The Bertz CT molecular complexity index is 607. The van der Waals surface area contributed by atoms with Gasteiger partial charge in [0.2, 0.25) is 0 Å². The molecule has 6 heteroatoms. The second-order valence-corrected chi connectivity index (χ2v) is 5.11. The molecule has 0 radical (unpaired) electrons. The number of aliphatic hydroxyl groups is 1. The summed E-state index contributed by atoms with van der Waals surface area (Å²) in [4.78, 5) is 16.0. The van der Waals surface area contributed by atoms with E-state index in [1.54, 1.807) is 18.3 Å². The Labute approximate surface area is 133 Å². The first-order chi connectivity index (χ1) is 10.7. The fourth-order valence-corrected chi connectivity index (χ4v) is 2.11. The molecule has 0 aliphatic rings. The van der Waals surface area contributed by atoms with Crippen molar-refractivity contribution in [2.45, 2.75) is 19.1 Å². The zero-order chi connectivity index (χ0) is 15.8. The Morgan fingerprint density at radius 1 is 1.32 bits per heavy atom. The van der Waals surface area contributed by atoms with Gasteiger partial charge in [-0.25, -0.2) is 4.79 Å². The number of hydrogen-bond acceptors (Lipinski definition) is 4. The van der Waals surface area contributed by atoms with Gasteiger partial charge in [0.25, 0.3) is 0 Å². The molecule has 0 unspecified atom stereocenters. The summed E-state index contributed by atoms with van der Waals surface area (Å²) in [6, 6.07) is 12.2. The first kappa shape index (κ1) is 16.3. The van der Waals surface area contributed by atoms with Crippen LogP contribution in [0.25, 0.3) is 0 Å². The molecule has 2 aromatic rings. The number of ether oxygens (including phenoxy) is 1. The average molecular weight is 321 g/mol. The van der Waals surface area contributed by atoms with E-state index in [0.29, 0.717) is 17.1 Å². The van der Waals surface area contributed by atoms with E-state index in [-0.39, 0.29) is 13.2 Å². The Hall–Kier alpha value is -2.11. The first-order valence-corrected chi connectivity index (χ1v) is 7.26. The standard InChI is InChI=1S/C16H17ClN2O3/c17-13-6-8-18-15(10-13)14(7-9-20)19-16(21)22-11-12-4-2-1-3-5-12/h1-6,8,10,14,20H,7,9,11H2,(H,19,21)/t14-/m0/s1. The summed E-state index contributed by atoms with van der Waals surface area (Å²) in [5.74, 6) is 0. The maximum Gasteiger partial charge on any atom is 0.408 e. The van der Waals surface area contributed by atoms with Gasteiger partial charge in [-0.3, -0.25) is 4.98 Å². The Morgan fingerprint density at radius 2 is 2.09 bits per heavy atom. The van der Waals surface area contributed by atoms with Gasteiger partial charge >= 0.3 is 6.09 Å². The van der Waals surface area contributed by atoms with Crippen LogP contribution in [0.15, 0.2) is 48.7 Å². The monoisotopic (exact) mass is 320 g/mol. The number of nitrogens with zero attached hydrogens (tertiary/aromatic N) is 1. The van der Waals surface area contributed by atoms with Gasteiger partial charge in [-0.1, -0.05) is 41.9 Å². The summed E-state index contributed by atoms with van der Waals surface area (Å²) in [5, 5.41) is 12.3. The number of alkyl carbamates (subject to hydrolysis) is 1. The molecule has 2 rings (SSSR count). The highest BCUT2D eigenvalue weighted by Crippen LogP contribution is 2.18. The maximum absolute atomic E-state index is 11.9. The molecule has 0 aliphatic carbocycles. The number of aliphatic hydroxyl groups excluding tert-OH is 1. The van der Waals surface area contributed by atoms with E-state index < -0.39 is 12.1 Å². The molecule has 0 saturated carbocycles. The van der Waals surface area contributed by atoms with Gasteiger partial charge in [-0.05, 0) is 24.1 Å². The van der Waals surface area contributed by atoms with Gasteiger partial charge < -0.3 is 15.2 Å². The molecule has 1 aromatic carbocycles. The van der Waals surface area contributed by atoms with Crippen molar-refractivity contribution in [3.63, 3.8) is 0 Å². The SMILES string of the molecule is O=C(N[C@@H](CCO)c1cc(Cl)ccn1)OCc1ccccc1. The Kier molecular flexibility index (Phi) is 6.18. The van der Waals surface area contributed by atoms with E-state index in [2.05, 4.69) is 10.3 Å². The molecular formula is C16H17ClN2O3. The fraction of sp³-hybridized carbons (Fsp3) is 0.250. The quantitative estimate of drug-likeness (QED) is 0.858. The van der Waals surface area contributed by atoms with Gasteiger partial charge in [-0.15, -0.1) is 0 Å². The largest absolute Gasteiger partial charge is 0.445 e. The summed E-state index contributed by atoms with van der Waals surface area (Å²) < 4.78 is 5.16. The van der Waals surface area contributed by atoms with E-state index in [0.717, 1.165) is 5.56 Å². The van der Waals surface area contributed by atoms with Crippen LogP contribution in [-0.2, 0) is 11.3 Å². The smallest absolute Gasteiger partial charge is 0.408 e. The summed E-state index contributed by atoms with van der Waals surface area (Å²) >= 11 is 5.92. The third-order valence-corrected chi connectivity index (χ3v) is 3.26. The van der Waals surface area contributed by atoms with Crippen molar-refractivity contribution in [3.8, 4) is 0 Å². The molecule has 1 atom stereocenters. The number of pyridine rings is 1. The minimum atomic E-state index is -0.566. The molecule has 1 heterocycles. The third-order valence-electron chi connectivity index (χ3n) is 3.02. The Morgan fingerprint density at radius 3 is 2.77 bits per heavy atom. The van der Waals surface area contributed by atoms with Crippen LogP contribution in [-0.4, -0.2) is 22.8 Å². The van der Waals surface area contributed by atoms with Crippen LogP contribution < -0.4 is 5.32 Å². The van der Waals surface area contributed by atoms with Crippen molar-refractivity contribution in [1.29, 1.82) is 0 Å². The molecule has 0 saturated heterocycles. The lowest BCUT2D eigenvalue weighted by Gasteiger charge is -2.17. The zero-order valence-electron chi connectivity index (χ0n) is 11.9. The second kappa shape index (κ2) is 8.36. The summed E-state index contributed by atoms with van der Waals surface area (Å²) in [5.41, 5.74) is 1.48.